The van der Waals surface area contributed by atoms with Gasteiger partial charge in [-0.05, 0) is 97.7 Å². The molecule has 0 fully saturated rings. The van der Waals surface area contributed by atoms with Crippen LogP contribution in [0.5, 0.6) is 0 Å². The van der Waals surface area contributed by atoms with Gasteiger partial charge in [-0.3, -0.25) is 0 Å². The zero-order valence-corrected chi connectivity index (χ0v) is 27.3. The lowest BCUT2D eigenvalue weighted by Crippen LogP contribution is -2.10. The number of para-hydroxylation sites is 1. The quantitative estimate of drug-likeness (QED) is 0.175. The Hall–Kier alpha value is -6.64. The molecule has 0 aliphatic rings. The molecule has 50 heavy (non-hydrogen) atoms. The Morgan fingerprint density at radius 2 is 1.00 bits per heavy atom. The van der Waals surface area contributed by atoms with Crippen LogP contribution in [0.4, 0.5) is 17.1 Å². The summed E-state index contributed by atoms with van der Waals surface area (Å²) in [6.07, 6.45) is 0. The van der Waals surface area contributed by atoms with Crippen LogP contribution in [0.25, 0.3) is 76.5 Å². The Morgan fingerprint density at radius 1 is 0.340 bits per heavy atom. The molecule has 9 aromatic carbocycles. The lowest BCUT2D eigenvalue weighted by Gasteiger charge is -2.28. The highest BCUT2D eigenvalue weighted by atomic mass is 16.3. The van der Waals surface area contributed by atoms with E-state index in [1.807, 2.05) is 12.1 Å². The molecule has 2 heteroatoms. The third-order valence-electron chi connectivity index (χ3n) is 10.0. The summed E-state index contributed by atoms with van der Waals surface area (Å²) < 4.78 is 6.28. The number of hydrogen-bond donors (Lipinski definition) is 0. The molecule has 1 aromatic heterocycles. The lowest BCUT2D eigenvalue weighted by molar-refractivity contribution is 0.669. The molecule has 10 aromatic rings. The summed E-state index contributed by atoms with van der Waals surface area (Å²) in [7, 11) is 0. The predicted octanol–water partition coefficient (Wildman–Crippen LogP) is 13.8. The molecule has 0 bridgehead atoms. The third-order valence-corrected chi connectivity index (χ3v) is 10.0. The van der Waals surface area contributed by atoms with E-state index in [2.05, 4.69) is 181 Å². The predicted molar refractivity (Wildman–Crippen MR) is 212 cm³/mol. The van der Waals surface area contributed by atoms with E-state index in [9.17, 15) is 0 Å². The average molecular weight is 638 g/mol. The van der Waals surface area contributed by atoms with Gasteiger partial charge in [0.2, 0.25) is 0 Å². The van der Waals surface area contributed by atoms with Crippen LogP contribution < -0.4 is 4.90 Å². The van der Waals surface area contributed by atoms with Crippen molar-refractivity contribution in [2.24, 2.45) is 0 Å². The summed E-state index contributed by atoms with van der Waals surface area (Å²) >= 11 is 0. The summed E-state index contributed by atoms with van der Waals surface area (Å²) in [6.45, 7) is 0. The molecule has 0 saturated carbocycles. The molecule has 0 N–H and O–H groups in total. The van der Waals surface area contributed by atoms with Crippen LogP contribution in [0.15, 0.2) is 192 Å². The topological polar surface area (TPSA) is 16.4 Å². The van der Waals surface area contributed by atoms with Gasteiger partial charge in [0.25, 0.3) is 0 Å². The maximum absolute atomic E-state index is 6.28. The minimum Gasteiger partial charge on any atom is -0.456 e. The van der Waals surface area contributed by atoms with Gasteiger partial charge < -0.3 is 9.32 Å². The van der Waals surface area contributed by atoms with E-state index < -0.39 is 0 Å². The molecule has 10 rings (SSSR count). The standard InChI is InChI=1S/C48H31NO/c1-2-12-34-29-35(24-23-32(34)11-1)33-25-27-38(28-26-33)49(45-31-37-13-3-4-16-40(37)42-17-5-6-18-43(42)45)39-15-9-14-36(30-39)41-20-10-22-47-48(41)44-19-7-8-21-46(44)50-47/h1-31H. The number of benzene rings is 9. The largest absolute Gasteiger partial charge is 0.456 e. The van der Waals surface area contributed by atoms with E-state index in [0.29, 0.717) is 0 Å². The zero-order chi connectivity index (χ0) is 33.0. The number of rotatable bonds is 5. The third kappa shape index (κ3) is 4.65. The molecule has 0 saturated heterocycles. The molecule has 0 aliphatic heterocycles. The number of hydrogen-bond acceptors (Lipinski definition) is 2. The molecule has 0 spiro atoms. The molecular weight excluding hydrogens is 607 g/mol. The summed E-state index contributed by atoms with van der Waals surface area (Å²) in [5.74, 6) is 0. The summed E-state index contributed by atoms with van der Waals surface area (Å²) in [4.78, 5) is 2.41. The van der Waals surface area contributed by atoms with Crippen molar-refractivity contribution >= 4 is 71.3 Å². The second-order valence-electron chi connectivity index (χ2n) is 12.9. The molecule has 0 atom stereocenters. The highest BCUT2D eigenvalue weighted by Gasteiger charge is 2.19. The van der Waals surface area contributed by atoms with Gasteiger partial charge in [0.05, 0.1) is 5.69 Å². The second-order valence-corrected chi connectivity index (χ2v) is 12.9. The number of fused-ring (bicyclic) bond motifs is 7. The van der Waals surface area contributed by atoms with E-state index in [1.54, 1.807) is 0 Å². The van der Waals surface area contributed by atoms with Gasteiger partial charge in [-0.2, -0.15) is 0 Å². The molecule has 234 valence electrons. The van der Waals surface area contributed by atoms with E-state index in [0.717, 1.165) is 50.1 Å². The van der Waals surface area contributed by atoms with Crippen molar-refractivity contribution in [1.29, 1.82) is 0 Å². The number of furan rings is 1. The molecular formula is C48H31NO. The first-order chi connectivity index (χ1) is 24.8. The van der Waals surface area contributed by atoms with Crippen molar-refractivity contribution in [2.75, 3.05) is 4.90 Å². The van der Waals surface area contributed by atoms with Gasteiger partial charge in [-0.15, -0.1) is 0 Å². The molecule has 1 heterocycles. The minimum atomic E-state index is 0.899. The smallest absolute Gasteiger partial charge is 0.136 e. The van der Waals surface area contributed by atoms with Gasteiger partial charge in [0.1, 0.15) is 11.2 Å². The van der Waals surface area contributed by atoms with Crippen LogP contribution in [-0.2, 0) is 0 Å². The van der Waals surface area contributed by atoms with E-state index in [-0.39, 0.29) is 0 Å². The fraction of sp³-hybridized carbons (Fsp3) is 0. The SMILES string of the molecule is c1cc(-c2cccc3oc4ccccc4c23)cc(N(c2ccc(-c3ccc4ccccc4c3)cc2)c2cc3ccccc3c3ccccc23)c1. The van der Waals surface area contributed by atoms with Crippen molar-refractivity contribution in [2.45, 2.75) is 0 Å². The van der Waals surface area contributed by atoms with Crippen molar-refractivity contribution in [1.82, 2.24) is 0 Å². The lowest BCUT2D eigenvalue weighted by atomic mass is 9.97. The Kier molecular flexibility index (Phi) is 6.53. The highest BCUT2D eigenvalue weighted by Crippen LogP contribution is 2.44. The van der Waals surface area contributed by atoms with Crippen molar-refractivity contribution in [3.63, 3.8) is 0 Å². The van der Waals surface area contributed by atoms with Crippen LogP contribution in [0.3, 0.4) is 0 Å². The summed E-state index contributed by atoms with van der Waals surface area (Å²) in [6, 6.07) is 67.6. The van der Waals surface area contributed by atoms with Crippen LogP contribution in [0.1, 0.15) is 0 Å². The monoisotopic (exact) mass is 637 g/mol. The molecule has 2 nitrogen and oxygen atoms in total. The Balaban J connectivity index is 1.18. The second kappa shape index (κ2) is 11.5. The average Bonchev–Trinajstić information content (AvgIpc) is 3.57. The first-order valence-corrected chi connectivity index (χ1v) is 17.1. The Bertz CT molecular complexity index is 2880. The summed E-state index contributed by atoms with van der Waals surface area (Å²) in [5.41, 5.74) is 9.83. The molecule has 0 aliphatic carbocycles. The van der Waals surface area contributed by atoms with Crippen LogP contribution in [0.2, 0.25) is 0 Å². The first-order valence-electron chi connectivity index (χ1n) is 17.1. The normalized spacial score (nSPS) is 11.6. The molecule has 0 amide bonds. The highest BCUT2D eigenvalue weighted by molar-refractivity contribution is 6.15. The molecule has 0 unspecified atom stereocenters. The van der Waals surface area contributed by atoms with Gasteiger partial charge in [0, 0.05) is 27.5 Å². The van der Waals surface area contributed by atoms with Crippen LogP contribution >= 0.6 is 0 Å². The maximum Gasteiger partial charge on any atom is 0.136 e. The van der Waals surface area contributed by atoms with E-state index >= 15 is 0 Å². The van der Waals surface area contributed by atoms with E-state index in [1.165, 1.54) is 43.4 Å². The van der Waals surface area contributed by atoms with Gasteiger partial charge in [0.15, 0.2) is 0 Å². The molecule has 0 radical (unpaired) electrons. The van der Waals surface area contributed by atoms with Crippen molar-refractivity contribution in [3.05, 3.63) is 188 Å². The summed E-state index contributed by atoms with van der Waals surface area (Å²) in [5, 5.41) is 9.68. The van der Waals surface area contributed by atoms with Gasteiger partial charge in [-0.1, -0.05) is 140 Å². The van der Waals surface area contributed by atoms with Crippen LogP contribution in [0, 0.1) is 0 Å². The van der Waals surface area contributed by atoms with Crippen LogP contribution in [-0.4, -0.2) is 0 Å². The van der Waals surface area contributed by atoms with Gasteiger partial charge in [-0.25, -0.2) is 0 Å². The number of nitrogens with zero attached hydrogens (tertiary/aromatic N) is 1. The Morgan fingerprint density at radius 3 is 1.86 bits per heavy atom. The fourth-order valence-electron chi connectivity index (χ4n) is 7.65. The van der Waals surface area contributed by atoms with Crippen molar-refractivity contribution in [3.8, 4) is 22.3 Å². The Labute approximate surface area is 290 Å². The first kappa shape index (κ1) is 28.4. The van der Waals surface area contributed by atoms with Crippen molar-refractivity contribution < 1.29 is 4.42 Å². The van der Waals surface area contributed by atoms with Gasteiger partial charge >= 0.3 is 0 Å². The zero-order valence-electron chi connectivity index (χ0n) is 27.3. The van der Waals surface area contributed by atoms with E-state index in [4.69, 9.17) is 4.42 Å². The number of anilines is 3. The maximum atomic E-state index is 6.28. The minimum absolute atomic E-state index is 0.899. The fourth-order valence-corrected chi connectivity index (χ4v) is 7.65.